The summed E-state index contributed by atoms with van der Waals surface area (Å²) in [5.74, 6) is 0. The molecule has 0 radical (unpaired) electrons. The van der Waals surface area contributed by atoms with Crippen molar-refractivity contribution in [3.8, 4) is 0 Å². The van der Waals surface area contributed by atoms with Crippen molar-refractivity contribution in [3.63, 3.8) is 0 Å². The van der Waals surface area contributed by atoms with Gasteiger partial charge in [-0.15, -0.1) is 0 Å². The van der Waals surface area contributed by atoms with Crippen molar-refractivity contribution in [1.29, 1.82) is 0 Å². The summed E-state index contributed by atoms with van der Waals surface area (Å²) in [4.78, 5) is 11.7. The minimum absolute atomic E-state index is 0.0250. The maximum atomic E-state index is 11.7. The molecular formula is C13H22N4O3. The Kier molecular flexibility index (Phi) is 3.99. The zero-order chi connectivity index (χ0) is 14.8. The highest BCUT2D eigenvalue weighted by Gasteiger charge is 2.37. The summed E-state index contributed by atoms with van der Waals surface area (Å²) in [5.41, 5.74) is -0.882. The van der Waals surface area contributed by atoms with Gasteiger partial charge in [-0.25, -0.2) is 4.79 Å². The van der Waals surface area contributed by atoms with Crippen LogP contribution >= 0.6 is 0 Å². The van der Waals surface area contributed by atoms with Gasteiger partial charge in [0.2, 0.25) is 0 Å². The number of ether oxygens (including phenoxy) is 1. The third-order valence-corrected chi connectivity index (χ3v) is 3.43. The van der Waals surface area contributed by atoms with E-state index in [1.165, 1.54) is 0 Å². The summed E-state index contributed by atoms with van der Waals surface area (Å²) in [7, 11) is 0. The number of hydrogen-bond donors (Lipinski definition) is 3. The van der Waals surface area contributed by atoms with Crippen LogP contribution in [0.3, 0.4) is 0 Å². The van der Waals surface area contributed by atoms with Gasteiger partial charge in [0, 0.05) is 6.04 Å². The maximum absolute atomic E-state index is 11.7. The standard InChI is InChI=1S/C13H22N4O3/c1-12(2,3)20-11(18)15-9-4-6-13(19,7-5-9)10-8-14-17-16-10/h8-9,19H,4-7H2,1-3H3,(H,15,18)(H,14,16,17). The molecule has 7 nitrogen and oxygen atoms in total. The Labute approximate surface area is 118 Å². The molecule has 0 aliphatic heterocycles. The van der Waals surface area contributed by atoms with Gasteiger partial charge in [0.1, 0.15) is 16.9 Å². The van der Waals surface area contributed by atoms with Crippen molar-refractivity contribution in [1.82, 2.24) is 20.7 Å². The minimum atomic E-state index is -0.945. The van der Waals surface area contributed by atoms with Gasteiger partial charge < -0.3 is 15.2 Å². The lowest BCUT2D eigenvalue weighted by Gasteiger charge is -2.35. The first kappa shape index (κ1) is 14.8. The summed E-state index contributed by atoms with van der Waals surface area (Å²) in [5, 5.41) is 23.5. The van der Waals surface area contributed by atoms with E-state index in [1.807, 2.05) is 20.8 Å². The minimum Gasteiger partial charge on any atom is -0.444 e. The third kappa shape index (κ3) is 3.69. The molecule has 7 heteroatoms. The Morgan fingerprint density at radius 2 is 2.15 bits per heavy atom. The van der Waals surface area contributed by atoms with Crippen molar-refractivity contribution in [2.45, 2.75) is 63.7 Å². The average Bonchev–Trinajstić information content (AvgIpc) is 2.84. The second kappa shape index (κ2) is 5.40. The number of aliphatic hydroxyl groups is 1. The van der Waals surface area contributed by atoms with E-state index in [9.17, 15) is 9.90 Å². The third-order valence-electron chi connectivity index (χ3n) is 3.43. The first-order valence-corrected chi connectivity index (χ1v) is 6.87. The quantitative estimate of drug-likeness (QED) is 0.762. The summed E-state index contributed by atoms with van der Waals surface area (Å²) in [6, 6.07) is 0.0250. The molecule has 1 amide bonds. The van der Waals surface area contributed by atoms with Gasteiger partial charge in [0.05, 0.1) is 6.20 Å². The van der Waals surface area contributed by atoms with Crippen LogP contribution in [0.15, 0.2) is 6.20 Å². The van der Waals surface area contributed by atoms with Crippen LogP contribution in [0.4, 0.5) is 4.79 Å². The van der Waals surface area contributed by atoms with Crippen LogP contribution in [0.2, 0.25) is 0 Å². The number of alkyl carbamates (subject to hydrolysis) is 1. The van der Waals surface area contributed by atoms with Crippen LogP contribution < -0.4 is 5.32 Å². The molecule has 1 aromatic rings. The van der Waals surface area contributed by atoms with E-state index < -0.39 is 17.3 Å². The smallest absolute Gasteiger partial charge is 0.407 e. The van der Waals surface area contributed by atoms with Crippen LogP contribution in [0.1, 0.15) is 52.1 Å². The predicted octanol–water partition coefficient (Wildman–Crippen LogP) is 1.46. The lowest BCUT2D eigenvalue weighted by Crippen LogP contribution is -2.44. The topological polar surface area (TPSA) is 100 Å². The Morgan fingerprint density at radius 1 is 1.50 bits per heavy atom. The zero-order valence-corrected chi connectivity index (χ0v) is 12.1. The number of hydrogen-bond acceptors (Lipinski definition) is 5. The molecule has 1 fully saturated rings. The fraction of sp³-hybridized carbons (Fsp3) is 0.769. The van der Waals surface area contributed by atoms with Gasteiger partial charge in [-0.2, -0.15) is 15.4 Å². The largest absolute Gasteiger partial charge is 0.444 e. The van der Waals surface area contributed by atoms with Gasteiger partial charge in [0.15, 0.2) is 0 Å². The van der Waals surface area contributed by atoms with Crippen molar-refractivity contribution in [3.05, 3.63) is 11.9 Å². The Morgan fingerprint density at radius 3 is 2.65 bits per heavy atom. The molecule has 20 heavy (non-hydrogen) atoms. The number of aromatic amines is 1. The molecule has 0 atom stereocenters. The fourth-order valence-corrected chi connectivity index (χ4v) is 2.40. The summed E-state index contributed by atoms with van der Waals surface area (Å²) >= 11 is 0. The lowest BCUT2D eigenvalue weighted by molar-refractivity contribution is -0.0143. The van der Waals surface area contributed by atoms with Gasteiger partial charge in [-0.3, -0.25) is 0 Å². The normalized spacial score (nSPS) is 27.1. The average molecular weight is 282 g/mol. The van der Waals surface area contributed by atoms with E-state index in [2.05, 4.69) is 20.7 Å². The summed E-state index contributed by atoms with van der Waals surface area (Å²) < 4.78 is 5.22. The second-order valence-corrected chi connectivity index (χ2v) is 6.31. The van der Waals surface area contributed by atoms with Crippen molar-refractivity contribution < 1.29 is 14.6 Å². The molecule has 0 aromatic carbocycles. The molecule has 1 aliphatic carbocycles. The highest BCUT2D eigenvalue weighted by atomic mass is 16.6. The fourth-order valence-electron chi connectivity index (χ4n) is 2.40. The molecular weight excluding hydrogens is 260 g/mol. The highest BCUT2D eigenvalue weighted by Crippen LogP contribution is 2.35. The molecule has 112 valence electrons. The van der Waals surface area contributed by atoms with Crippen molar-refractivity contribution in [2.24, 2.45) is 0 Å². The van der Waals surface area contributed by atoms with Crippen molar-refractivity contribution in [2.75, 3.05) is 0 Å². The van der Waals surface area contributed by atoms with Crippen LogP contribution in [0, 0.1) is 0 Å². The Balaban J connectivity index is 1.84. The molecule has 2 rings (SSSR count). The van der Waals surface area contributed by atoms with Crippen LogP contribution in [0.5, 0.6) is 0 Å². The first-order chi connectivity index (χ1) is 9.28. The van der Waals surface area contributed by atoms with Gasteiger partial charge in [0.25, 0.3) is 0 Å². The number of aromatic nitrogens is 3. The van der Waals surface area contributed by atoms with Gasteiger partial charge in [-0.05, 0) is 46.5 Å². The van der Waals surface area contributed by atoms with E-state index in [4.69, 9.17) is 4.74 Å². The second-order valence-electron chi connectivity index (χ2n) is 6.31. The van der Waals surface area contributed by atoms with E-state index in [1.54, 1.807) is 6.20 Å². The number of amides is 1. The lowest BCUT2D eigenvalue weighted by atomic mass is 9.80. The molecule has 1 aromatic heterocycles. The zero-order valence-electron chi connectivity index (χ0n) is 12.1. The molecule has 0 unspecified atom stereocenters. The van der Waals surface area contributed by atoms with Crippen LogP contribution in [-0.2, 0) is 10.3 Å². The van der Waals surface area contributed by atoms with Crippen LogP contribution in [-0.4, -0.2) is 38.3 Å². The monoisotopic (exact) mass is 282 g/mol. The van der Waals surface area contributed by atoms with E-state index >= 15 is 0 Å². The van der Waals surface area contributed by atoms with E-state index in [0.717, 1.165) is 0 Å². The number of rotatable bonds is 2. The number of H-pyrrole nitrogens is 1. The molecule has 1 aliphatic rings. The van der Waals surface area contributed by atoms with E-state index in [0.29, 0.717) is 31.4 Å². The number of carbonyl (C=O) groups is 1. The molecule has 0 bridgehead atoms. The molecule has 0 spiro atoms. The van der Waals surface area contributed by atoms with Crippen LogP contribution in [0.25, 0.3) is 0 Å². The number of nitrogens with one attached hydrogen (secondary N) is 2. The van der Waals surface area contributed by atoms with E-state index in [-0.39, 0.29) is 6.04 Å². The number of carbonyl (C=O) groups excluding carboxylic acids is 1. The highest BCUT2D eigenvalue weighted by molar-refractivity contribution is 5.68. The molecule has 0 saturated heterocycles. The predicted molar refractivity (Wildman–Crippen MR) is 71.9 cm³/mol. The molecule has 1 heterocycles. The van der Waals surface area contributed by atoms with Gasteiger partial charge >= 0.3 is 6.09 Å². The Bertz CT molecular complexity index is 445. The molecule has 1 saturated carbocycles. The SMILES string of the molecule is CC(C)(C)OC(=O)NC1CCC(O)(c2cn[nH]n2)CC1. The number of nitrogens with zero attached hydrogens (tertiary/aromatic N) is 2. The Hall–Kier alpha value is -1.63. The van der Waals surface area contributed by atoms with Gasteiger partial charge in [-0.1, -0.05) is 0 Å². The molecule has 3 N–H and O–H groups in total. The summed E-state index contributed by atoms with van der Waals surface area (Å²) in [6.07, 6.45) is 3.58. The van der Waals surface area contributed by atoms with Crippen molar-refractivity contribution >= 4 is 6.09 Å². The summed E-state index contributed by atoms with van der Waals surface area (Å²) in [6.45, 7) is 5.49. The first-order valence-electron chi connectivity index (χ1n) is 6.87. The maximum Gasteiger partial charge on any atom is 0.407 e.